The van der Waals surface area contributed by atoms with Crippen LogP contribution in [0.25, 0.3) is 10.6 Å². The van der Waals surface area contributed by atoms with E-state index in [0.29, 0.717) is 17.9 Å². The predicted molar refractivity (Wildman–Crippen MR) is 129 cm³/mol. The molecule has 166 valence electrons. The van der Waals surface area contributed by atoms with E-state index in [0.717, 1.165) is 21.7 Å². The van der Waals surface area contributed by atoms with Gasteiger partial charge in [-0.1, -0.05) is 78.9 Å². The Bertz CT molecular complexity index is 1210. The Morgan fingerprint density at radius 1 is 0.818 bits per heavy atom. The Hall–Kier alpha value is -3.97. The number of hydrazine groups is 1. The molecule has 0 saturated carbocycles. The second-order valence-corrected chi connectivity index (χ2v) is 8.20. The van der Waals surface area contributed by atoms with Gasteiger partial charge in [-0.15, -0.1) is 11.3 Å². The Kier molecular flexibility index (Phi) is 7.45. The van der Waals surface area contributed by atoms with E-state index >= 15 is 0 Å². The lowest BCUT2D eigenvalue weighted by Crippen LogP contribution is -2.44. The quantitative estimate of drug-likeness (QED) is 0.389. The van der Waals surface area contributed by atoms with Gasteiger partial charge in [0.15, 0.2) is 6.61 Å². The van der Waals surface area contributed by atoms with E-state index < -0.39 is 5.91 Å². The summed E-state index contributed by atoms with van der Waals surface area (Å²) in [4.78, 5) is 28.8. The van der Waals surface area contributed by atoms with Crippen LogP contribution in [-0.2, 0) is 22.4 Å². The third kappa shape index (κ3) is 6.51. The summed E-state index contributed by atoms with van der Waals surface area (Å²) >= 11 is 1.48. The van der Waals surface area contributed by atoms with Crippen molar-refractivity contribution in [3.05, 3.63) is 107 Å². The normalized spacial score (nSPS) is 10.4. The van der Waals surface area contributed by atoms with Crippen LogP contribution < -0.4 is 15.6 Å². The van der Waals surface area contributed by atoms with E-state index in [-0.39, 0.29) is 18.9 Å². The molecule has 0 unspecified atom stereocenters. The van der Waals surface area contributed by atoms with Crippen LogP contribution in [-0.4, -0.2) is 23.4 Å². The number of nitrogens with one attached hydrogen (secondary N) is 2. The van der Waals surface area contributed by atoms with E-state index in [2.05, 4.69) is 15.8 Å². The van der Waals surface area contributed by atoms with E-state index in [1.54, 1.807) is 0 Å². The molecular weight excluding hydrogens is 434 g/mol. The van der Waals surface area contributed by atoms with Gasteiger partial charge < -0.3 is 4.74 Å². The lowest BCUT2D eigenvalue weighted by Gasteiger charge is -2.12. The van der Waals surface area contributed by atoms with E-state index in [1.807, 2.05) is 90.3 Å². The first-order valence-corrected chi connectivity index (χ1v) is 11.4. The summed E-state index contributed by atoms with van der Waals surface area (Å²) in [5.74, 6) is -0.155. The minimum atomic E-state index is -0.443. The molecule has 6 nitrogen and oxygen atoms in total. The topological polar surface area (TPSA) is 80.3 Å². The number of carbonyl (C=O) groups excluding carboxylic acids is 2. The number of hydrogen-bond donors (Lipinski definition) is 2. The van der Waals surface area contributed by atoms with Crippen LogP contribution in [0.4, 0.5) is 0 Å². The molecule has 1 heterocycles. The van der Waals surface area contributed by atoms with Gasteiger partial charge in [-0.3, -0.25) is 20.4 Å². The number of amides is 2. The molecule has 0 aliphatic heterocycles. The highest BCUT2D eigenvalue weighted by atomic mass is 32.1. The molecule has 0 spiro atoms. The first-order chi connectivity index (χ1) is 16.2. The fourth-order valence-corrected chi connectivity index (χ4v) is 4.06. The SMILES string of the molecule is O=C(COc1ccccc1Cc1ccccc1)NNC(=O)Cc1csc(-c2ccccc2)n1. The van der Waals surface area contributed by atoms with Crippen molar-refractivity contribution >= 4 is 23.2 Å². The lowest BCUT2D eigenvalue weighted by molar-refractivity contribution is -0.129. The summed E-state index contributed by atoms with van der Waals surface area (Å²) in [5.41, 5.74) is 8.61. The van der Waals surface area contributed by atoms with Gasteiger partial charge in [0.2, 0.25) is 5.91 Å². The Morgan fingerprint density at radius 2 is 1.48 bits per heavy atom. The minimum Gasteiger partial charge on any atom is -0.483 e. The van der Waals surface area contributed by atoms with E-state index in [4.69, 9.17) is 4.74 Å². The monoisotopic (exact) mass is 457 g/mol. The molecule has 0 saturated heterocycles. The first-order valence-electron chi connectivity index (χ1n) is 10.5. The molecule has 1 aromatic heterocycles. The number of carbonyl (C=O) groups is 2. The highest BCUT2D eigenvalue weighted by molar-refractivity contribution is 7.13. The van der Waals surface area contributed by atoms with Gasteiger partial charge in [-0.05, 0) is 17.2 Å². The summed E-state index contributed by atoms with van der Waals surface area (Å²) in [6.07, 6.45) is 0.776. The molecule has 0 atom stereocenters. The second-order valence-electron chi connectivity index (χ2n) is 7.34. The molecule has 3 aromatic carbocycles. The summed E-state index contributed by atoms with van der Waals surface area (Å²) in [5, 5.41) is 2.70. The average Bonchev–Trinajstić information content (AvgIpc) is 3.32. The molecule has 4 rings (SSSR count). The van der Waals surface area contributed by atoms with Crippen molar-refractivity contribution in [3.63, 3.8) is 0 Å². The van der Waals surface area contributed by atoms with Crippen LogP contribution in [0.15, 0.2) is 90.3 Å². The number of ether oxygens (including phenoxy) is 1. The molecule has 0 aliphatic carbocycles. The predicted octanol–water partition coefficient (Wildman–Crippen LogP) is 4.17. The molecule has 7 heteroatoms. The fourth-order valence-electron chi connectivity index (χ4n) is 3.24. The van der Waals surface area contributed by atoms with Gasteiger partial charge in [0.25, 0.3) is 5.91 Å². The van der Waals surface area contributed by atoms with Crippen molar-refractivity contribution in [2.45, 2.75) is 12.8 Å². The Morgan fingerprint density at radius 3 is 2.27 bits per heavy atom. The standard InChI is InChI=1S/C26H23N3O3S/c30-24(16-22-18-33-26(27-22)20-11-5-2-6-12-20)28-29-25(31)17-32-23-14-8-7-13-21(23)15-19-9-3-1-4-10-19/h1-14,18H,15-17H2,(H,28,30)(H,29,31). The van der Waals surface area contributed by atoms with E-state index in [1.165, 1.54) is 11.3 Å². The molecule has 0 fully saturated rings. The van der Waals surface area contributed by atoms with Gasteiger partial charge in [0, 0.05) is 17.4 Å². The largest absolute Gasteiger partial charge is 0.483 e. The third-order valence-electron chi connectivity index (χ3n) is 4.82. The van der Waals surface area contributed by atoms with Crippen LogP contribution in [0.2, 0.25) is 0 Å². The molecule has 0 bridgehead atoms. The van der Waals surface area contributed by atoms with Crippen LogP contribution in [0.3, 0.4) is 0 Å². The van der Waals surface area contributed by atoms with Gasteiger partial charge in [0.1, 0.15) is 10.8 Å². The van der Waals surface area contributed by atoms with Gasteiger partial charge in [-0.2, -0.15) is 0 Å². The third-order valence-corrected chi connectivity index (χ3v) is 5.76. The zero-order chi connectivity index (χ0) is 22.9. The highest BCUT2D eigenvalue weighted by Crippen LogP contribution is 2.23. The molecule has 4 aromatic rings. The number of nitrogens with zero attached hydrogens (tertiary/aromatic N) is 1. The van der Waals surface area contributed by atoms with Crippen molar-refractivity contribution in [1.82, 2.24) is 15.8 Å². The van der Waals surface area contributed by atoms with Crippen molar-refractivity contribution < 1.29 is 14.3 Å². The fraction of sp³-hybridized carbons (Fsp3) is 0.115. The van der Waals surface area contributed by atoms with Gasteiger partial charge in [0.05, 0.1) is 12.1 Å². The van der Waals surface area contributed by atoms with Gasteiger partial charge in [-0.25, -0.2) is 4.98 Å². The summed E-state index contributed by atoms with van der Waals surface area (Å²) in [6, 6.07) is 27.4. The molecule has 2 N–H and O–H groups in total. The minimum absolute atomic E-state index is 0.0738. The van der Waals surface area contributed by atoms with Crippen LogP contribution in [0.1, 0.15) is 16.8 Å². The molecule has 33 heavy (non-hydrogen) atoms. The first kappa shape index (κ1) is 22.2. The lowest BCUT2D eigenvalue weighted by atomic mass is 10.0. The maximum Gasteiger partial charge on any atom is 0.276 e. The van der Waals surface area contributed by atoms with Crippen molar-refractivity contribution in [1.29, 1.82) is 0 Å². The Labute approximate surface area is 196 Å². The second kappa shape index (κ2) is 11.1. The van der Waals surface area contributed by atoms with Crippen molar-refractivity contribution in [3.8, 4) is 16.3 Å². The number of aromatic nitrogens is 1. The zero-order valence-electron chi connectivity index (χ0n) is 17.9. The molecule has 0 aliphatic rings. The molecule has 0 radical (unpaired) electrons. The smallest absolute Gasteiger partial charge is 0.276 e. The molecule has 2 amide bonds. The van der Waals surface area contributed by atoms with Gasteiger partial charge >= 0.3 is 0 Å². The van der Waals surface area contributed by atoms with Crippen LogP contribution in [0.5, 0.6) is 5.75 Å². The number of rotatable bonds is 8. The van der Waals surface area contributed by atoms with E-state index in [9.17, 15) is 9.59 Å². The number of hydrogen-bond acceptors (Lipinski definition) is 5. The zero-order valence-corrected chi connectivity index (χ0v) is 18.7. The number of para-hydroxylation sites is 1. The number of benzene rings is 3. The van der Waals surface area contributed by atoms with Crippen molar-refractivity contribution in [2.75, 3.05) is 6.61 Å². The van der Waals surface area contributed by atoms with Crippen molar-refractivity contribution in [2.24, 2.45) is 0 Å². The summed E-state index contributed by atoms with van der Waals surface area (Å²) in [7, 11) is 0. The maximum absolute atomic E-state index is 12.2. The van der Waals surface area contributed by atoms with Crippen LogP contribution in [0, 0.1) is 0 Å². The van der Waals surface area contributed by atoms with Crippen LogP contribution >= 0.6 is 11.3 Å². The summed E-state index contributed by atoms with van der Waals surface area (Å²) in [6.45, 7) is -0.207. The maximum atomic E-state index is 12.2. The average molecular weight is 458 g/mol. The number of thiazole rings is 1. The summed E-state index contributed by atoms with van der Waals surface area (Å²) < 4.78 is 5.70. The highest BCUT2D eigenvalue weighted by Gasteiger charge is 2.11. The molecular formula is C26H23N3O3S. The Balaban J connectivity index is 1.24.